The molecule has 0 aromatic rings. The summed E-state index contributed by atoms with van der Waals surface area (Å²) >= 11 is 0. The fraction of sp³-hybridized carbons (Fsp3) is 0.941. The lowest BCUT2D eigenvalue weighted by Gasteiger charge is -2.25. The van der Waals surface area contributed by atoms with E-state index in [1.807, 2.05) is 0 Å². The van der Waals surface area contributed by atoms with Crippen LogP contribution in [-0.4, -0.2) is 50.3 Å². The third-order valence-electron chi connectivity index (χ3n) is 4.90. The van der Waals surface area contributed by atoms with Crippen LogP contribution in [0.3, 0.4) is 0 Å². The van der Waals surface area contributed by atoms with Gasteiger partial charge in [-0.2, -0.15) is 0 Å². The summed E-state index contributed by atoms with van der Waals surface area (Å²) in [5, 5.41) is 3.48. The Bertz CT molecular complexity index is 343. The third kappa shape index (κ3) is 5.87. The van der Waals surface area contributed by atoms with Crippen LogP contribution >= 0.6 is 24.0 Å². The van der Waals surface area contributed by atoms with Gasteiger partial charge in [-0.3, -0.25) is 4.99 Å². The Hall–Kier alpha value is -0.0400. The van der Waals surface area contributed by atoms with Crippen LogP contribution in [0.15, 0.2) is 4.99 Å². The molecule has 1 N–H and O–H groups in total. The molecule has 1 saturated heterocycles. The van der Waals surface area contributed by atoms with E-state index in [9.17, 15) is 0 Å². The Morgan fingerprint density at radius 2 is 2.05 bits per heavy atom. The lowest BCUT2D eigenvalue weighted by Crippen LogP contribution is -2.41. The van der Waals surface area contributed by atoms with Gasteiger partial charge in [0.05, 0.1) is 6.61 Å². The Morgan fingerprint density at radius 3 is 2.68 bits per heavy atom. The number of halogens is 1. The summed E-state index contributed by atoms with van der Waals surface area (Å²) in [6.07, 6.45) is 6.65. The minimum Gasteiger partial charge on any atom is -0.381 e. The summed E-state index contributed by atoms with van der Waals surface area (Å²) in [5.74, 6) is 1.78. The Labute approximate surface area is 153 Å². The standard InChI is InChI=1S/C17H33N3O.HI/c1-4-18-16(19-14-17(3)9-6-7-10-17)20-11-8-15(12-20)13-21-5-2;/h15H,4-14H2,1-3H3,(H,18,19);1H. The number of rotatable bonds is 6. The molecule has 130 valence electrons. The predicted molar refractivity (Wildman–Crippen MR) is 104 cm³/mol. The van der Waals surface area contributed by atoms with Crippen molar-refractivity contribution in [2.75, 3.05) is 39.4 Å². The highest BCUT2D eigenvalue weighted by Crippen LogP contribution is 2.37. The highest BCUT2D eigenvalue weighted by atomic mass is 127. The normalized spacial score (nSPS) is 24.4. The molecule has 0 aromatic carbocycles. The van der Waals surface area contributed by atoms with Gasteiger partial charge in [0, 0.05) is 38.7 Å². The SMILES string of the molecule is CCNC(=NCC1(C)CCCC1)N1CCC(COCC)C1.I. The molecule has 1 saturated carbocycles. The van der Waals surface area contributed by atoms with E-state index < -0.39 is 0 Å². The zero-order valence-corrected chi connectivity index (χ0v) is 16.9. The molecule has 1 aliphatic heterocycles. The second-order valence-electron chi connectivity index (χ2n) is 6.95. The van der Waals surface area contributed by atoms with Gasteiger partial charge < -0.3 is 15.0 Å². The molecule has 1 unspecified atom stereocenters. The van der Waals surface area contributed by atoms with Gasteiger partial charge in [-0.25, -0.2) is 0 Å². The van der Waals surface area contributed by atoms with E-state index in [-0.39, 0.29) is 24.0 Å². The molecule has 1 heterocycles. The molecule has 0 aromatic heterocycles. The molecule has 2 aliphatic rings. The Balaban J connectivity index is 0.00000242. The molecule has 0 bridgehead atoms. The molecule has 5 heteroatoms. The van der Waals surface area contributed by atoms with Crippen molar-refractivity contribution in [3.8, 4) is 0 Å². The van der Waals surface area contributed by atoms with Gasteiger partial charge in [0.15, 0.2) is 5.96 Å². The fourth-order valence-electron chi connectivity index (χ4n) is 3.52. The van der Waals surface area contributed by atoms with Crippen molar-refractivity contribution < 1.29 is 4.74 Å². The third-order valence-corrected chi connectivity index (χ3v) is 4.90. The molecule has 1 aliphatic carbocycles. The first-order valence-corrected chi connectivity index (χ1v) is 8.78. The van der Waals surface area contributed by atoms with Crippen molar-refractivity contribution in [1.82, 2.24) is 10.2 Å². The van der Waals surface area contributed by atoms with Crippen molar-refractivity contribution in [3.63, 3.8) is 0 Å². The summed E-state index contributed by atoms with van der Waals surface area (Å²) in [5.41, 5.74) is 0.436. The largest absolute Gasteiger partial charge is 0.381 e. The molecule has 0 spiro atoms. The number of hydrogen-bond donors (Lipinski definition) is 1. The van der Waals surface area contributed by atoms with E-state index in [1.54, 1.807) is 0 Å². The molecular weight excluding hydrogens is 389 g/mol. The first kappa shape index (κ1) is 20.0. The van der Waals surface area contributed by atoms with Crippen molar-refractivity contribution in [2.45, 2.75) is 52.9 Å². The van der Waals surface area contributed by atoms with Crippen molar-refractivity contribution in [2.24, 2.45) is 16.3 Å². The van der Waals surface area contributed by atoms with E-state index in [1.165, 1.54) is 32.1 Å². The van der Waals surface area contributed by atoms with Crippen LogP contribution in [-0.2, 0) is 4.74 Å². The Kier molecular flexibility index (Phi) is 9.05. The molecule has 2 fully saturated rings. The zero-order valence-electron chi connectivity index (χ0n) is 14.6. The number of ether oxygens (including phenoxy) is 1. The maximum Gasteiger partial charge on any atom is 0.193 e. The lowest BCUT2D eigenvalue weighted by molar-refractivity contribution is 0.114. The van der Waals surface area contributed by atoms with Crippen LogP contribution in [0.25, 0.3) is 0 Å². The molecule has 0 amide bonds. The van der Waals surface area contributed by atoms with Crippen molar-refractivity contribution in [3.05, 3.63) is 0 Å². The first-order chi connectivity index (χ1) is 10.2. The number of aliphatic imine (C=N–C) groups is 1. The molecular formula is C17H34IN3O. The van der Waals surface area contributed by atoms with Gasteiger partial charge in [-0.05, 0) is 38.5 Å². The van der Waals surface area contributed by atoms with Crippen molar-refractivity contribution in [1.29, 1.82) is 0 Å². The van der Waals surface area contributed by atoms with E-state index in [4.69, 9.17) is 9.73 Å². The summed E-state index contributed by atoms with van der Waals surface area (Å²) < 4.78 is 5.58. The number of likely N-dealkylation sites (tertiary alicyclic amines) is 1. The summed E-state index contributed by atoms with van der Waals surface area (Å²) in [7, 11) is 0. The van der Waals surface area contributed by atoms with Gasteiger partial charge in [0.25, 0.3) is 0 Å². The Morgan fingerprint density at radius 1 is 1.32 bits per heavy atom. The smallest absolute Gasteiger partial charge is 0.193 e. The molecule has 1 atom stereocenters. The van der Waals surface area contributed by atoms with Crippen LogP contribution < -0.4 is 5.32 Å². The summed E-state index contributed by atoms with van der Waals surface area (Å²) in [6, 6.07) is 0. The van der Waals surface area contributed by atoms with Crippen molar-refractivity contribution >= 4 is 29.9 Å². The molecule has 0 radical (unpaired) electrons. The average Bonchev–Trinajstić information content (AvgIpc) is 3.11. The van der Waals surface area contributed by atoms with Crippen LogP contribution in [0.4, 0.5) is 0 Å². The lowest BCUT2D eigenvalue weighted by atomic mass is 9.89. The van der Waals surface area contributed by atoms with Crippen LogP contribution in [0.5, 0.6) is 0 Å². The molecule has 22 heavy (non-hydrogen) atoms. The van der Waals surface area contributed by atoms with Crippen LogP contribution in [0.1, 0.15) is 52.9 Å². The quantitative estimate of drug-likeness (QED) is 0.404. The number of hydrogen-bond acceptors (Lipinski definition) is 2. The monoisotopic (exact) mass is 423 g/mol. The van der Waals surface area contributed by atoms with E-state index in [2.05, 4.69) is 31.0 Å². The number of nitrogens with one attached hydrogen (secondary N) is 1. The highest BCUT2D eigenvalue weighted by Gasteiger charge is 2.29. The van der Waals surface area contributed by atoms with E-state index in [0.717, 1.165) is 45.4 Å². The first-order valence-electron chi connectivity index (χ1n) is 8.78. The van der Waals surface area contributed by atoms with Gasteiger partial charge in [-0.15, -0.1) is 24.0 Å². The topological polar surface area (TPSA) is 36.9 Å². The van der Waals surface area contributed by atoms with E-state index >= 15 is 0 Å². The summed E-state index contributed by atoms with van der Waals surface area (Å²) in [6.45, 7) is 12.5. The molecule has 4 nitrogen and oxygen atoms in total. The fourth-order valence-corrected chi connectivity index (χ4v) is 3.52. The second kappa shape index (κ2) is 9.96. The minimum absolute atomic E-state index is 0. The van der Waals surface area contributed by atoms with Crippen LogP contribution in [0.2, 0.25) is 0 Å². The maximum atomic E-state index is 5.58. The summed E-state index contributed by atoms with van der Waals surface area (Å²) in [4.78, 5) is 7.38. The van der Waals surface area contributed by atoms with Gasteiger partial charge >= 0.3 is 0 Å². The second-order valence-corrected chi connectivity index (χ2v) is 6.95. The van der Waals surface area contributed by atoms with Gasteiger partial charge in [0.2, 0.25) is 0 Å². The molecule has 2 rings (SSSR count). The highest BCUT2D eigenvalue weighted by molar-refractivity contribution is 14.0. The predicted octanol–water partition coefficient (Wildman–Crippen LogP) is 3.51. The van der Waals surface area contributed by atoms with Gasteiger partial charge in [0.1, 0.15) is 0 Å². The van der Waals surface area contributed by atoms with Crippen LogP contribution in [0, 0.1) is 11.3 Å². The minimum atomic E-state index is 0. The maximum absolute atomic E-state index is 5.58. The zero-order chi connectivity index (χ0) is 15.1. The number of guanidine groups is 1. The number of nitrogens with zero attached hydrogens (tertiary/aromatic N) is 2. The average molecular weight is 423 g/mol. The van der Waals surface area contributed by atoms with Gasteiger partial charge in [-0.1, -0.05) is 19.8 Å². The van der Waals surface area contributed by atoms with E-state index in [0.29, 0.717) is 11.3 Å².